The Morgan fingerprint density at radius 3 is 2.81 bits per heavy atom. The van der Waals surface area contributed by atoms with E-state index in [4.69, 9.17) is 10.2 Å². The van der Waals surface area contributed by atoms with Gasteiger partial charge in [-0.3, -0.25) is 19.5 Å². The molecule has 2 aromatic heterocycles. The number of anilines is 1. The smallest absolute Gasteiger partial charge is 0.284 e. The molecular weight excluding hydrogens is 336 g/mol. The Bertz CT molecular complexity index is 1080. The van der Waals surface area contributed by atoms with Gasteiger partial charge in [-0.25, -0.2) is 0 Å². The van der Waals surface area contributed by atoms with Crippen molar-refractivity contribution >= 4 is 28.6 Å². The molecule has 0 unspecified atom stereocenters. The van der Waals surface area contributed by atoms with Crippen molar-refractivity contribution < 1.29 is 14.0 Å². The third-order valence-corrected chi connectivity index (χ3v) is 4.28. The van der Waals surface area contributed by atoms with Crippen LogP contribution >= 0.6 is 0 Å². The van der Waals surface area contributed by atoms with Crippen molar-refractivity contribution in [3.63, 3.8) is 0 Å². The van der Waals surface area contributed by atoms with Crippen molar-refractivity contribution in [2.75, 3.05) is 5.32 Å². The van der Waals surface area contributed by atoms with E-state index in [9.17, 15) is 14.4 Å². The first kappa shape index (κ1) is 16.1. The molecule has 0 radical (unpaired) electrons. The minimum atomic E-state index is -0.808. The molecule has 0 atom stereocenters. The van der Waals surface area contributed by atoms with E-state index in [1.54, 1.807) is 18.2 Å². The van der Waals surface area contributed by atoms with Crippen LogP contribution in [0.5, 0.6) is 0 Å². The molecule has 8 nitrogen and oxygen atoms in total. The SMILES string of the molecule is NC(=O)c1cc(=O)c2cc(CC(=O)Nc3cc(C4CC4)[nH]n3)ccc2o1. The van der Waals surface area contributed by atoms with Gasteiger partial charge in [0.1, 0.15) is 5.58 Å². The normalized spacial score (nSPS) is 13.7. The summed E-state index contributed by atoms with van der Waals surface area (Å²) in [6.45, 7) is 0. The van der Waals surface area contributed by atoms with Gasteiger partial charge in [-0.2, -0.15) is 5.10 Å². The molecule has 0 bridgehead atoms. The molecule has 4 rings (SSSR count). The number of nitrogens with zero attached hydrogens (tertiary/aromatic N) is 1. The number of nitrogens with one attached hydrogen (secondary N) is 2. The lowest BCUT2D eigenvalue weighted by molar-refractivity contribution is -0.115. The number of H-pyrrole nitrogens is 1. The standard InChI is InChI=1S/C18H16N4O4/c19-18(25)15-8-13(23)11-5-9(1-4-14(11)26-15)6-17(24)20-16-7-12(21-22-16)10-2-3-10/h1,4-5,7-8,10H,2-3,6H2,(H2,19,25)(H2,20,21,22,24). The molecule has 0 aliphatic heterocycles. The van der Waals surface area contributed by atoms with Crippen LogP contribution in [0.1, 0.15) is 40.6 Å². The quantitative estimate of drug-likeness (QED) is 0.643. The van der Waals surface area contributed by atoms with Gasteiger partial charge in [-0.05, 0) is 30.5 Å². The number of fused-ring (bicyclic) bond motifs is 1. The van der Waals surface area contributed by atoms with E-state index in [1.807, 2.05) is 6.07 Å². The molecule has 1 saturated carbocycles. The Morgan fingerprint density at radius 1 is 1.27 bits per heavy atom. The summed E-state index contributed by atoms with van der Waals surface area (Å²) in [6, 6.07) is 7.68. The van der Waals surface area contributed by atoms with Gasteiger partial charge in [0.2, 0.25) is 5.91 Å². The van der Waals surface area contributed by atoms with Crippen LogP contribution in [-0.2, 0) is 11.2 Å². The molecule has 0 saturated heterocycles. The number of amides is 2. The average Bonchev–Trinajstić information content (AvgIpc) is 3.35. The van der Waals surface area contributed by atoms with Crippen molar-refractivity contribution in [1.29, 1.82) is 0 Å². The summed E-state index contributed by atoms with van der Waals surface area (Å²) in [5.74, 6) is -0.229. The number of primary amides is 1. The molecule has 26 heavy (non-hydrogen) atoms. The summed E-state index contributed by atoms with van der Waals surface area (Å²) < 4.78 is 5.30. The summed E-state index contributed by atoms with van der Waals surface area (Å²) >= 11 is 0. The first-order valence-electron chi connectivity index (χ1n) is 8.21. The molecule has 3 aromatic rings. The molecule has 4 N–H and O–H groups in total. The Balaban J connectivity index is 1.51. The third-order valence-electron chi connectivity index (χ3n) is 4.28. The first-order chi connectivity index (χ1) is 12.5. The number of aromatic nitrogens is 2. The van der Waals surface area contributed by atoms with Crippen LogP contribution in [0, 0.1) is 0 Å². The van der Waals surface area contributed by atoms with Gasteiger partial charge < -0.3 is 15.5 Å². The molecule has 2 amide bonds. The lowest BCUT2D eigenvalue weighted by Gasteiger charge is -2.04. The third kappa shape index (κ3) is 3.21. The maximum Gasteiger partial charge on any atom is 0.284 e. The monoisotopic (exact) mass is 352 g/mol. The van der Waals surface area contributed by atoms with Crippen molar-refractivity contribution in [2.45, 2.75) is 25.2 Å². The molecular formula is C18H16N4O4. The van der Waals surface area contributed by atoms with Crippen LogP contribution in [0.25, 0.3) is 11.0 Å². The summed E-state index contributed by atoms with van der Waals surface area (Å²) in [6.07, 6.45) is 2.37. The van der Waals surface area contributed by atoms with Crippen LogP contribution < -0.4 is 16.5 Å². The van der Waals surface area contributed by atoms with Gasteiger partial charge in [0.05, 0.1) is 11.8 Å². The fraction of sp³-hybridized carbons (Fsp3) is 0.222. The first-order valence-corrected chi connectivity index (χ1v) is 8.21. The molecule has 1 aromatic carbocycles. The van der Waals surface area contributed by atoms with Crippen molar-refractivity contribution in [1.82, 2.24) is 10.2 Å². The summed E-state index contributed by atoms with van der Waals surface area (Å²) in [5.41, 5.74) is 6.68. The second-order valence-corrected chi connectivity index (χ2v) is 6.38. The van der Waals surface area contributed by atoms with Crippen molar-refractivity contribution in [3.05, 3.63) is 57.6 Å². The molecule has 1 aliphatic rings. The van der Waals surface area contributed by atoms with Gasteiger partial charge in [-0.1, -0.05) is 6.07 Å². The molecule has 132 valence electrons. The number of rotatable bonds is 5. The number of hydrogen-bond acceptors (Lipinski definition) is 5. The predicted molar refractivity (Wildman–Crippen MR) is 93.9 cm³/mol. The predicted octanol–water partition coefficient (Wildman–Crippen LogP) is 1.67. The zero-order valence-corrected chi connectivity index (χ0v) is 13.7. The largest absolute Gasteiger partial charge is 0.451 e. The molecule has 0 spiro atoms. The molecule has 2 heterocycles. The molecule has 1 fully saturated rings. The zero-order chi connectivity index (χ0) is 18.3. The van der Waals surface area contributed by atoms with Gasteiger partial charge >= 0.3 is 0 Å². The Kier molecular flexibility index (Phi) is 3.80. The topological polar surface area (TPSA) is 131 Å². The zero-order valence-electron chi connectivity index (χ0n) is 13.7. The number of nitrogens with two attached hydrogens (primary N) is 1. The number of carbonyl (C=O) groups excluding carboxylic acids is 2. The Labute approximate surface area is 147 Å². The van der Waals surface area contributed by atoms with Gasteiger partial charge in [-0.15, -0.1) is 0 Å². The average molecular weight is 352 g/mol. The Morgan fingerprint density at radius 2 is 2.08 bits per heavy atom. The minimum Gasteiger partial charge on any atom is -0.451 e. The second-order valence-electron chi connectivity index (χ2n) is 6.38. The van der Waals surface area contributed by atoms with E-state index in [2.05, 4.69) is 15.5 Å². The van der Waals surface area contributed by atoms with Crippen molar-refractivity contribution in [3.8, 4) is 0 Å². The lowest BCUT2D eigenvalue weighted by Crippen LogP contribution is -2.16. The number of benzene rings is 1. The maximum atomic E-state index is 12.2. The number of carbonyl (C=O) groups is 2. The van der Waals surface area contributed by atoms with E-state index >= 15 is 0 Å². The van der Waals surface area contributed by atoms with E-state index < -0.39 is 5.91 Å². The highest BCUT2D eigenvalue weighted by molar-refractivity contribution is 5.93. The highest BCUT2D eigenvalue weighted by atomic mass is 16.3. The van der Waals surface area contributed by atoms with Crippen molar-refractivity contribution in [2.24, 2.45) is 5.73 Å². The highest BCUT2D eigenvalue weighted by Crippen LogP contribution is 2.39. The van der Waals surface area contributed by atoms with E-state index in [0.717, 1.165) is 24.6 Å². The van der Waals surface area contributed by atoms with E-state index in [1.165, 1.54) is 0 Å². The van der Waals surface area contributed by atoms with Gasteiger partial charge in [0.15, 0.2) is 17.0 Å². The van der Waals surface area contributed by atoms with Crippen LogP contribution in [0.4, 0.5) is 5.82 Å². The fourth-order valence-corrected chi connectivity index (χ4v) is 2.81. The summed E-state index contributed by atoms with van der Waals surface area (Å²) in [5, 5.41) is 10.0. The van der Waals surface area contributed by atoms with E-state index in [0.29, 0.717) is 17.3 Å². The van der Waals surface area contributed by atoms with Gasteiger partial charge in [0.25, 0.3) is 5.91 Å². The second kappa shape index (κ2) is 6.14. The lowest BCUT2D eigenvalue weighted by atomic mass is 10.1. The maximum absolute atomic E-state index is 12.2. The minimum absolute atomic E-state index is 0.0819. The van der Waals surface area contributed by atoms with Crippen LogP contribution in [0.15, 0.2) is 39.5 Å². The number of aromatic amines is 1. The van der Waals surface area contributed by atoms with Gasteiger partial charge in [0, 0.05) is 23.7 Å². The number of hydrogen-bond donors (Lipinski definition) is 3. The summed E-state index contributed by atoms with van der Waals surface area (Å²) in [7, 11) is 0. The van der Waals surface area contributed by atoms with E-state index in [-0.39, 0.29) is 34.5 Å². The van der Waals surface area contributed by atoms with Crippen LogP contribution in [0.2, 0.25) is 0 Å². The fourth-order valence-electron chi connectivity index (χ4n) is 2.81. The molecule has 8 heteroatoms. The highest BCUT2D eigenvalue weighted by Gasteiger charge is 2.25. The van der Waals surface area contributed by atoms with Crippen LogP contribution in [0.3, 0.4) is 0 Å². The Hall–Kier alpha value is -3.42. The molecule has 1 aliphatic carbocycles. The summed E-state index contributed by atoms with van der Waals surface area (Å²) in [4.78, 5) is 35.5. The van der Waals surface area contributed by atoms with Crippen LogP contribution in [-0.4, -0.2) is 22.0 Å².